The van der Waals surface area contributed by atoms with E-state index in [-0.39, 0.29) is 18.2 Å². The molecule has 1 heterocycles. The Morgan fingerprint density at radius 3 is 2.52 bits per heavy atom. The number of nitrogens with one attached hydrogen (secondary N) is 1. The number of oxazole rings is 1. The van der Waals surface area contributed by atoms with Gasteiger partial charge in [0.05, 0.1) is 5.69 Å². The van der Waals surface area contributed by atoms with Crippen molar-refractivity contribution in [3.63, 3.8) is 0 Å². The van der Waals surface area contributed by atoms with Gasteiger partial charge in [-0.25, -0.2) is 9.78 Å². The quantitative estimate of drug-likeness (QED) is 0.767. The molecule has 0 bridgehead atoms. The molecule has 0 aliphatic heterocycles. The van der Waals surface area contributed by atoms with Crippen molar-refractivity contribution < 1.29 is 19.1 Å². The van der Waals surface area contributed by atoms with Gasteiger partial charge in [0, 0.05) is 18.4 Å². The number of carboxylic acid groups (broad SMARTS) is 1. The molecule has 0 fully saturated rings. The van der Waals surface area contributed by atoms with Gasteiger partial charge in [-0.2, -0.15) is 0 Å². The topological polar surface area (TPSA) is 92.4 Å². The molecule has 6 nitrogen and oxygen atoms in total. The lowest BCUT2D eigenvalue weighted by molar-refractivity contribution is -0.142. The van der Waals surface area contributed by atoms with Gasteiger partial charge in [-0.05, 0) is 19.3 Å². The fourth-order valence-corrected chi connectivity index (χ4v) is 2.60. The number of carbonyl (C=O) groups excluding carboxylic acids is 1. The summed E-state index contributed by atoms with van der Waals surface area (Å²) in [5.74, 6) is 0.0243. The molecule has 2 aromatic rings. The van der Waals surface area contributed by atoms with Gasteiger partial charge in [-0.1, -0.05) is 44.2 Å². The number of aromatic nitrogens is 1. The van der Waals surface area contributed by atoms with Crippen molar-refractivity contribution in [2.24, 2.45) is 5.92 Å². The second kappa shape index (κ2) is 8.46. The molecule has 6 heteroatoms. The Bertz CT molecular complexity index is 722. The van der Waals surface area contributed by atoms with Crippen LogP contribution in [0.1, 0.15) is 38.3 Å². The molecular formula is C19H24N2O4. The first-order valence-corrected chi connectivity index (χ1v) is 8.40. The molecule has 25 heavy (non-hydrogen) atoms. The van der Waals surface area contributed by atoms with Gasteiger partial charge in [-0.15, -0.1) is 0 Å². The van der Waals surface area contributed by atoms with E-state index in [0.717, 1.165) is 11.3 Å². The summed E-state index contributed by atoms with van der Waals surface area (Å²) in [6, 6.07) is 8.78. The van der Waals surface area contributed by atoms with E-state index >= 15 is 0 Å². The monoisotopic (exact) mass is 344 g/mol. The zero-order valence-corrected chi connectivity index (χ0v) is 14.8. The fourth-order valence-electron chi connectivity index (χ4n) is 2.60. The van der Waals surface area contributed by atoms with Crippen molar-refractivity contribution in [2.75, 3.05) is 0 Å². The molecule has 134 valence electrons. The smallest absolute Gasteiger partial charge is 0.326 e. The van der Waals surface area contributed by atoms with Crippen LogP contribution in [0.15, 0.2) is 34.7 Å². The molecule has 0 aliphatic rings. The van der Waals surface area contributed by atoms with E-state index in [1.165, 1.54) is 0 Å². The van der Waals surface area contributed by atoms with Crippen LogP contribution < -0.4 is 5.32 Å². The van der Waals surface area contributed by atoms with Crippen molar-refractivity contribution in [2.45, 2.75) is 46.1 Å². The number of hydrogen-bond donors (Lipinski definition) is 2. The molecule has 1 amide bonds. The second-order valence-electron chi connectivity index (χ2n) is 6.48. The average Bonchev–Trinajstić information content (AvgIpc) is 2.93. The summed E-state index contributed by atoms with van der Waals surface area (Å²) in [6.45, 7) is 5.70. The number of amides is 1. The fraction of sp³-hybridized carbons (Fsp3) is 0.421. The van der Waals surface area contributed by atoms with Crippen LogP contribution in [-0.2, 0) is 16.0 Å². The lowest BCUT2D eigenvalue weighted by atomic mass is 10.0. The van der Waals surface area contributed by atoms with Gasteiger partial charge in [0.15, 0.2) is 11.7 Å². The van der Waals surface area contributed by atoms with Crippen LogP contribution in [0.3, 0.4) is 0 Å². The van der Waals surface area contributed by atoms with Crippen molar-refractivity contribution in [3.8, 4) is 11.3 Å². The van der Waals surface area contributed by atoms with E-state index in [1.54, 1.807) is 0 Å². The third-order valence-corrected chi connectivity index (χ3v) is 3.78. The second-order valence-corrected chi connectivity index (χ2v) is 6.48. The zero-order valence-electron chi connectivity index (χ0n) is 14.8. The van der Waals surface area contributed by atoms with E-state index in [4.69, 9.17) is 4.42 Å². The maximum Gasteiger partial charge on any atom is 0.326 e. The number of rotatable bonds is 8. The highest BCUT2D eigenvalue weighted by Gasteiger charge is 2.21. The summed E-state index contributed by atoms with van der Waals surface area (Å²) in [4.78, 5) is 27.6. The Hall–Kier alpha value is -2.63. The van der Waals surface area contributed by atoms with Gasteiger partial charge >= 0.3 is 5.97 Å². The summed E-state index contributed by atoms with van der Waals surface area (Å²) in [5, 5.41) is 11.7. The van der Waals surface area contributed by atoms with Crippen LogP contribution in [0.5, 0.6) is 0 Å². The van der Waals surface area contributed by atoms with Gasteiger partial charge in [0.1, 0.15) is 6.04 Å². The molecule has 2 rings (SSSR count). The van der Waals surface area contributed by atoms with Crippen molar-refractivity contribution >= 4 is 11.9 Å². The standard InChI is InChI=1S/C19H24N2O4/c1-12(2)11-15(19(23)24)21-16(22)9-10-17-20-13(3)18(25-17)14-7-5-4-6-8-14/h4-8,12,15H,9-11H2,1-3H3,(H,21,22)(H,23,24)/t15-/m1/s1. The van der Waals surface area contributed by atoms with E-state index in [9.17, 15) is 14.7 Å². The van der Waals surface area contributed by atoms with E-state index in [1.807, 2.05) is 51.1 Å². The highest BCUT2D eigenvalue weighted by molar-refractivity contribution is 5.83. The highest BCUT2D eigenvalue weighted by atomic mass is 16.4. The summed E-state index contributed by atoms with van der Waals surface area (Å²) < 4.78 is 5.76. The molecule has 0 radical (unpaired) electrons. The number of aliphatic carboxylic acids is 1. The minimum absolute atomic E-state index is 0.135. The van der Waals surface area contributed by atoms with Gasteiger partial charge in [-0.3, -0.25) is 4.79 Å². The molecule has 0 saturated heterocycles. The molecule has 2 N–H and O–H groups in total. The third-order valence-electron chi connectivity index (χ3n) is 3.78. The predicted molar refractivity (Wildman–Crippen MR) is 94.0 cm³/mol. The normalized spacial score (nSPS) is 12.2. The number of aryl methyl sites for hydroxylation is 2. The minimum atomic E-state index is -1.01. The maximum atomic E-state index is 12.0. The first kappa shape index (κ1) is 18.7. The van der Waals surface area contributed by atoms with Crippen LogP contribution in [0, 0.1) is 12.8 Å². The van der Waals surface area contributed by atoms with Crippen LogP contribution in [0.25, 0.3) is 11.3 Å². The molecular weight excluding hydrogens is 320 g/mol. The van der Waals surface area contributed by atoms with Crippen molar-refractivity contribution in [3.05, 3.63) is 41.9 Å². The molecule has 0 spiro atoms. The molecule has 1 atom stereocenters. The molecule has 0 unspecified atom stereocenters. The highest BCUT2D eigenvalue weighted by Crippen LogP contribution is 2.24. The Morgan fingerprint density at radius 1 is 1.24 bits per heavy atom. The first-order valence-electron chi connectivity index (χ1n) is 8.40. The van der Waals surface area contributed by atoms with E-state index in [0.29, 0.717) is 24.5 Å². The van der Waals surface area contributed by atoms with Crippen LogP contribution >= 0.6 is 0 Å². The number of carboxylic acids is 1. The molecule has 1 aromatic heterocycles. The Morgan fingerprint density at radius 2 is 1.92 bits per heavy atom. The predicted octanol–water partition coefficient (Wildman–Crippen LogP) is 3.20. The van der Waals surface area contributed by atoms with E-state index < -0.39 is 12.0 Å². The first-order chi connectivity index (χ1) is 11.9. The summed E-state index contributed by atoms with van der Waals surface area (Å²) in [6.07, 6.45) is 0.862. The summed E-state index contributed by atoms with van der Waals surface area (Å²) in [5.41, 5.74) is 1.70. The molecule has 0 saturated carbocycles. The lowest BCUT2D eigenvalue weighted by Crippen LogP contribution is -2.41. The largest absolute Gasteiger partial charge is 0.480 e. The number of benzene rings is 1. The Kier molecular flexibility index (Phi) is 6.33. The maximum absolute atomic E-state index is 12.0. The van der Waals surface area contributed by atoms with Crippen molar-refractivity contribution in [1.29, 1.82) is 0 Å². The van der Waals surface area contributed by atoms with Gasteiger partial charge < -0.3 is 14.8 Å². The average molecular weight is 344 g/mol. The van der Waals surface area contributed by atoms with Gasteiger partial charge in [0.2, 0.25) is 5.91 Å². The van der Waals surface area contributed by atoms with E-state index in [2.05, 4.69) is 10.3 Å². The number of hydrogen-bond acceptors (Lipinski definition) is 4. The number of nitrogens with zero attached hydrogens (tertiary/aromatic N) is 1. The summed E-state index contributed by atoms with van der Waals surface area (Å²) >= 11 is 0. The third kappa shape index (κ3) is 5.45. The molecule has 0 aliphatic carbocycles. The lowest BCUT2D eigenvalue weighted by Gasteiger charge is -2.16. The van der Waals surface area contributed by atoms with Crippen LogP contribution in [0.4, 0.5) is 0 Å². The van der Waals surface area contributed by atoms with Crippen LogP contribution in [-0.4, -0.2) is 28.0 Å². The molecule has 1 aromatic carbocycles. The minimum Gasteiger partial charge on any atom is -0.480 e. The SMILES string of the molecule is Cc1nc(CCC(=O)N[C@H](CC(C)C)C(=O)O)oc1-c1ccccc1. The van der Waals surface area contributed by atoms with Crippen LogP contribution in [0.2, 0.25) is 0 Å². The number of carbonyl (C=O) groups is 2. The van der Waals surface area contributed by atoms with Gasteiger partial charge in [0.25, 0.3) is 0 Å². The van der Waals surface area contributed by atoms with Crippen molar-refractivity contribution in [1.82, 2.24) is 10.3 Å². The Balaban J connectivity index is 1.95. The Labute approximate surface area is 147 Å². The summed E-state index contributed by atoms with van der Waals surface area (Å²) in [7, 11) is 0. The zero-order chi connectivity index (χ0) is 18.4.